The molecule has 0 saturated carbocycles. The molecule has 15 heavy (non-hydrogen) atoms. The van der Waals surface area contributed by atoms with E-state index >= 15 is 0 Å². The number of benzene rings is 1. The van der Waals surface area contributed by atoms with Crippen LogP contribution in [-0.4, -0.2) is 25.0 Å². The van der Waals surface area contributed by atoms with Crippen LogP contribution in [0.2, 0.25) is 0 Å². The van der Waals surface area contributed by atoms with Crippen LogP contribution in [0.1, 0.15) is 6.92 Å². The first-order chi connectivity index (χ1) is 7.18. The number of carbonyl (C=O) groups excluding carboxylic acids is 1. The van der Waals surface area contributed by atoms with Crippen molar-refractivity contribution in [3.8, 4) is 0 Å². The monoisotopic (exact) mass is 208 g/mol. The van der Waals surface area contributed by atoms with Gasteiger partial charge in [-0.2, -0.15) is 0 Å². The first kappa shape index (κ1) is 10.1. The average Bonchev–Trinajstić information content (AvgIpc) is 2.20. The molecule has 80 valence electrons. The molecule has 1 saturated heterocycles. The second kappa shape index (κ2) is 3.98. The van der Waals surface area contributed by atoms with Crippen LogP contribution >= 0.6 is 0 Å². The van der Waals surface area contributed by atoms with Gasteiger partial charge in [-0.05, 0) is 31.2 Å². The van der Waals surface area contributed by atoms with E-state index in [-0.39, 0.29) is 17.8 Å². The van der Waals surface area contributed by atoms with Crippen molar-refractivity contribution in [3.05, 3.63) is 30.1 Å². The van der Waals surface area contributed by atoms with Gasteiger partial charge in [0.2, 0.25) is 5.91 Å². The number of rotatable bonds is 1. The number of nitrogens with one attached hydrogen (secondary N) is 1. The Kier molecular flexibility index (Phi) is 2.68. The highest BCUT2D eigenvalue weighted by Crippen LogP contribution is 2.19. The van der Waals surface area contributed by atoms with Gasteiger partial charge in [-0.15, -0.1) is 0 Å². The van der Waals surface area contributed by atoms with E-state index in [1.165, 1.54) is 12.1 Å². The zero-order valence-corrected chi connectivity index (χ0v) is 8.53. The van der Waals surface area contributed by atoms with Crippen LogP contribution in [0, 0.1) is 5.82 Å². The van der Waals surface area contributed by atoms with Gasteiger partial charge in [0.15, 0.2) is 0 Å². The van der Waals surface area contributed by atoms with Crippen molar-refractivity contribution in [2.75, 3.05) is 18.0 Å². The molecule has 0 radical (unpaired) electrons. The summed E-state index contributed by atoms with van der Waals surface area (Å²) in [6.45, 7) is 3.08. The maximum atomic E-state index is 12.7. The SMILES string of the molecule is CC1CNCC(=O)N1c1ccc(F)cc1. The van der Waals surface area contributed by atoms with E-state index in [1.54, 1.807) is 17.0 Å². The van der Waals surface area contributed by atoms with Gasteiger partial charge < -0.3 is 10.2 Å². The van der Waals surface area contributed by atoms with E-state index < -0.39 is 0 Å². The molecule has 3 nitrogen and oxygen atoms in total. The zero-order chi connectivity index (χ0) is 10.8. The Morgan fingerprint density at radius 1 is 1.40 bits per heavy atom. The Bertz CT molecular complexity index is 363. The number of nitrogens with zero attached hydrogens (tertiary/aromatic N) is 1. The van der Waals surface area contributed by atoms with Crippen LogP contribution < -0.4 is 10.2 Å². The lowest BCUT2D eigenvalue weighted by Gasteiger charge is -2.33. The van der Waals surface area contributed by atoms with Crippen molar-refractivity contribution >= 4 is 11.6 Å². The standard InChI is InChI=1S/C11H13FN2O/c1-8-6-13-7-11(15)14(8)10-4-2-9(12)3-5-10/h2-5,8,13H,6-7H2,1H3. The Balaban J connectivity index is 2.27. The fourth-order valence-corrected chi connectivity index (χ4v) is 1.81. The molecule has 1 amide bonds. The lowest BCUT2D eigenvalue weighted by atomic mass is 10.1. The summed E-state index contributed by atoms with van der Waals surface area (Å²) in [6.07, 6.45) is 0. The van der Waals surface area contributed by atoms with E-state index in [4.69, 9.17) is 0 Å². The van der Waals surface area contributed by atoms with Gasteiger partial charge in [0.25, 0.3) is 0 Å². The first-order valence-corrected chi connectivity index (χ1v) is 4.97. The molecule has 1 aromatic rings. The largest absolute Gasteiger partial charge is 0.307 e. The van der Waals surface area contributed by atoms with Gasteiger partial charge in [-0.25, -0.2) is 4.39 Å². The fraction of sp³-hybridized carbons (Fsp3) is 0.364. The number of piperazine rings is 1. The third-order valence-corrected chi connectivity index (χ3v) is 2.53. The molecule has 1 heterocycles. The summed E-state index contributed by atoms with van der Waals surface area (Å²) in [6, 6.07) is 6.12. The van der Waals surface area contributed by atoms with E-state index in [0.717, 1.165) is 12.2 Å². The molecular weight excluding hydrogens is 195 g/mol. The molecule has 1 aliphatic heterocycles. The molecule has 1 unspecified atom stereocenters. The van der Waals surface area contributed by atoms with Crippen molar-refractivity contribution in [1.29, 1.82) is 0 Å². The van der Waals surface area contributed by atoms with Crippen molar-refractivity contribution in [1.82, 2.24) is 5.32 Å². The minimum atomic E-state index is -0.283. The summed E-state index contributed by atoms with van der Waals surface area (Å²) in [7, 11) is 0. The highest BCUT2D eigenvalue weighted by atomic mass is 19.1. The number of anilines is 1. The second-order valence-corrected chi connectivity index (χ2v) is 3.72. The third kappa shape index (κ3) is 1.99. The van der Waals surface area contributed by atoms with E-state index in [2.05, 4.69) is 5.32 Å². The van der Waals surface area contributed by atoms with Gasteiger partial charge >= 0.3 is 0 Å². The van der Waals surface area contributed by atoms with Crippen LogP contribution in [-0.2, 0) is 4.79 Å². The molecule has 2 rings (SSSR count). The summed E-state index contributed by atoms with van der Waals surface area (Å²) in [5, 5.41) is 3.03. The zero-order valence-electron chi connectivity index (χ0n) is 8.53. The molecule has 1 N–H and O–H groups in total. The van der Waals surface area contributed by atoms with Crippen LogP contribution in [0.15, 0.2) is 24.3 Å². The summed E-state index contributed by atoms with van der Waals surface area (Å²) >= 11 is 0. The minimum absolute atomic E-state index is 0.0281. The van der Waals surface area contributed by atoms with Gasteiger partial charge in [0, 0.05) is 18.3 Å². The van der Waals surface area contributed by atoms with E-state index in [1.807, 2.05) is 6.92 Å². The Morgan fingerprint density at radius 3 is 2.67 bits per heavy atom. The summed E-state index contributed by atoms with van der Waals surface area (Å²) < 4.78 is 12.7. The maximum Gasteiger partial charge on any atom is 0.241 e. The van der Waals surface area contributed by atoms with Crippen LogP contribution in [0.3, 0.4) is 0 Å². The molecule has 0 bridgehead atoms. The van der Waals surface area contributed by atoms with Gasteiger partial charge in [-0.3, -0.25) is 4.79 Å². The molecule has 1 fully saturated rings. The normalized spacial score (nSPS) is 21.9. The topological polar surface area (TPSA) is 32.3 Å². The van der Waals surface area contributed by atoms with E-state index in [9.17, 15) is 9.18 Å². The summed E-state index contributed by atoms with van der Waals surface area (Å²) in [5.74, 6) is -0.255. The van der Waals surface area contributed by atoms with Crippen LogP contribution in [0.5, 0.6) is 0 Å². The smallest absolute Gasteiger partial charge is 0.241 e. The van der Waals surface area contributed by atoms with Crippen molar-refractivity contribution in [3.63, 3.8) is 0 Å². The number of hydrogen-bond acceptors (Lipinski definition) is 2. The number of carbonyl (C=O) groups is 1. The highest BCUT2D eigenvalue weighted by Gasteiger charge is 2.25. The average molecular weight is 208 g/mol. The predicted molar refractivity (Wildman–Crippen MR) is 56.2 cm³/mol. The number of amides is 1. The lowest BCUT2D eigenvalue weighted by molar-refractivity contribution is -0.119. The van der Waals surface area contributed by atoms with Crippen molar-refractivity contribution in [2.45, 2.75) is 13.0 Å². The Morgan fingerprint density at radius 2 is 2.07 bits per heavy atom. The first-order valence-electron chi connectivity index (χ1n) is 4.97. The molecule has 1 atom stereocenters. The maximum absolute atomic E-state index is 12.7. The van der Waals surface area contributed by atoms with Gasteiger partial charge in [0.1, 0.15) is 5.82 Å². The predicted octanol–water partition coefficient (Wildman–Crippen LogP) is 1.15. The third-order valence-electron chi connectivity index (χ3n) is 2.53. The van der Waals surface area contributed by atoms with Crippen LogP contribution in [0.4, 0.5) is 10.1 Å². The van der Waals surface area contributed by atoms with Crippen molar-refractivity contribution < 1.29 is 9.18 Å². The molecule has 1 aliphatic rings. The van der Waals surface area contributed by atoms with Gasteiger partial charge in [-0.1, -0.05) is 0 Å². The Labute approximate surface area is 87.9 Å². The second-order valence-electron chi connectivity index (χ2n) is 3.72. The highest BCUT2D eigenvalue weighted by molar-refractivity contribution is 5.96. The summed E-state index contributed by atoms with van der Waals surface area (Å²) in [5.41, 5.74) is 0.760. The minimum Gasteiger partial charge on any atom is -0.307 e. The summed E-state index contributed by atoms with van der Waals surface area (Å²) in [4.78, 5) is 13.4. The molecule has 1 aromatic carbocycles. The number of halogens is 1. The molecular formula is C11H13FN2O. The van der Waals surface area contributed by atoms with Crippen molar-refractivity contribution in [2.24, 2.45) is 0 Å². The molecule has 4 heteroatoms. The molecule has 0 aliphatic carbocycles. The quantitative estimate of drug-likeness (QED) is 0.751. The van der Waals surface area contributed by atoms with E-state index in [0.29, 0.717) is 6.54 Å². The molecule has 0 spiro atoms. The van der Waals surface area contributed by atoms with Gasteiger partial charge in [0.05, 0.1) is 6.54 Å². The molecule has 0 aromatic heterocycles. The number of hydrogen-bond donors (Lipinski definition) is 1. The Hall–Kier alpha value is -1.42. The lowest BCUT2D eigenvalue weighted by Crippen LogP contribution is -2.53. The van der Waals surface area contributed by atoms with Crippen LogP contribution in [0.25, 0.3) is 0 Å². The fourth-order valence-electron chi connectivity index (χ4n) is 1.81.